The van der Waals surface area contributed by atoms with E-state index in [1.807, 2.05) is 0 Å². The first-order valence-corrected chi connectivity index (χ1v) is 8.34. The Morgan fingerprint density at radius 2 is 1.70 bits per heavy atom. The Kier molecular flexibility index (Phi) is 4.68. The van der Waals surface area contributed by atoms with E-state index in [1.54, 1.807) is 6.92 Å². The van der Waals surface area contributed by atoms with E-state index < -0.39 is 28.4 Å². The first kappa shape index (κ1) is 15.7. The SMILES string of the molecule is CC1(OCC(=O)O)CN(S(=O)(=O)N2CCCCCC2)C1. The van der Waals surface area contributed by atoms with E-state index in [4.69, 9.17) is 9.84 Å². The van der Waals surface area contributed by atoms with Crippen LogP contribution in [0, 0.1) is 0 Å². The molecule has 2 saturated heterocycles. The average molecular weight is 306 g/mol. The molecule has 20 heavy (non-hydrogen) atoms. The van der Waals surface area contributed by atoms with Gasteiger partial charge in [0.1, 0.15) is 6.61 Å². The molecule has 0 bridgehead atoms. The number of carboxylic acids is 1. The predicted molar refractivity (Wildman–Crippen MR) is 72.5 cm³/mol. The van der Waals surface area contributed by atoms with Crippen LogP contribution >= 0.6 is 0 Å². The Balaban J connectivity index is 1.91. The molecule has 116 valence electrons. The third-order valence-electron chi connectivity index (χ3n) is 3.78. The molecule has 1 N–H and O–H groups in total. The highest BCUT2D eigenvalue weighted by Gasteiger charge is 2.47. The maximum absolute atomic E-state index is 12.4. The molecule has 2 aliphatic rings. The van der Waals surface area contributed by atoms with Crippen LogP contribution in [0.15, 0.2) is 0 Å². The fraction of sp³-hybridized carbons (Fsp3) is 0.917. The number of aliphatic carboxylic acids is 1. The summed E-state index contributed by atoms with van der Waals surface area (Å²) in [4.78, 5) is 10.5. The van der Waals surface area contributed by atoms with Crippen molar-refractivity contribution in [3.05, 3.63) is 0 Å². The van der Waals surface area contributed by atoms with Crippen LogP contribution in [-0.4, -0.2) is 66.5 Å². The standard InChI is InChI=1S/C12H22N2O5S/c1-12(19-8-11(15)16)9-14(10-12)20(17,18)13-6-4-2-3-5-7-13/h2-10H2,1H3,(H,15,16). The molecular formula is C12H22N2O5S. The average Bonchev–Trinajstić information content (AvgIpc) is 2.62. The van der Waals surface area contributed by atoms with E-state index in [-0.39, 0.29) is 13.1 Å². The highest BCUT2D eigenvalue weighted by Crippen LogP contribution is 2.29. The van der Waals surface area contributed by atoms with Crippen molar-refractivity contribution in [3.63, 3.8) is 0 Å². The summed E-state index contributed by atoms with van der Waals surface area (Å²) in [6, 6.07) is 0. The molecule has 0 amide bonds. The van der Waals surface area contributed by atoms with Crippen LogP contribution in [0.4, 0.5) is 0 Å². The van der Waals surface area contributed by atoms with Gasteiger partial charge in [-0.1, -0.05) is 12.8 Å². The van der Waals surface area contributed by atoms with Crippen LogP contribution in [0.5, 0.6) is 0 Å². The van der Waals surface area contributed by atoms with Crippen molar-refractivity contribution in [3.8, 4) is 0 Å². The number of rotatable bonds is 5. The van der Waals surface area contributed by atoms with Gasteiger partial charge >= 0.3 is 5.97 Å². The van der Waals surface area contributed by atoms with Gasteiger partial charge in [-0.25, -0.2) is 4.79 Å². The molecule has 0 atom stereocenters. The van der Waals surface area contributed by atoms with E-state index in [9.17, 15) is 13.2 Å². The molecule has 0 aliphatic carbocycles. The van der Waals surface area contributed by atoms with Gasteiger partial charge in [-0.2, -0.15) is 17.0 Å². The molecule has 8 heteroatoms. The molecule has 7 nitrogen and oxygen atoms in total. The van der Waals surface area contributed by atoms with Gasteiger partial charge in [-0.15, -0.1) is 0 Å². The monoisotopic (exact) mass is 306 g/mol. The molecule has 2 aliphatic heterocycles. The zero-order chi connectivity index (χ0) is 14.8. The lowest BCUT2D eigenvalue weighted by Crippen LogP contribution is -2.65. The second-order valence-electron chi connectivity index (χ2n) is 5.72. The van der Waals surface area contributed by atoms with E-state index in [0.717, 1.165) is 25.7 Å². The van der Waals surface area contributed by atoms with E-state index in [2.05, 4.69) is 0 Å². The van der Waals surface area contributed by atoms with Crippen molar-refractivity contribution < 1.29 is 23.1 Å². The van der Waals surface area contributed by atoms with Gasteiger partial charge in [0.15, 0.2) is 0 Å². The van der Waals surface area contributed by atoms with Crippen molar-refractivity contribution in [2.45, 2.75) is 38.2 Å². The molecule has 2 fully saturated rings. The Morgan fingerprint density at radius 1 is 1.15 bits per heavy atom. The van der Waals surface area contributed by atoms with E-state index in [1.165, 1.54) is 8.61 Å². The Bertz CT molecular complexity index is 450. The number of nitrogens with zero attached hydrogens (tertiary/aromatic N) is 2. The topological polar surface area (TPSA) is 87.1 Å². The number of carboxylic acid groups (broad SMARTS) is 1. The third-order valence-corrected chi connectivity index (χ3v) is 5.71. The lowest BCUT2D eigenvalue weighted by Gasteiger charge is -2.47. The molecule has 0 spiro atoms. The zero-order valence-corrected chi connectivity index (χ0v) is 12.6. The van der Waals surface area contributed by atoms with Gasteiger partial charge in [-0.05, 0) is 19.8 Å². The van der Waals surface area contributed by atoms with Crippen molar-refractivity contribution in [1.82, 2.24) is 8.61 Å². The quantitative estimate of drug-likeness (QED) is 0.788. The van der Waals surface area contributed by atoms with Gasteiger partial charge in [0.05, 0.1) is 5.60 Å². The molecule has 0 radical (unpaired) electrons. The summed E-state index contributed by atoms with van der Waals surface area (Å²) in [5, 5.41) is 8.59. The predicted octanol–water partition coefficient (Wildman–Crippen LogP) is 0.283. The Hall–Kier alpha value is -0.700. The number of ether oxygens (including phenoxy) is 1. The van der Waals surface area contributed by atoms with Crippen molar-refractivity contribution in [2.24, 2.45) is 0 Å². The number of hydrogen-bond acceptors (Lipinski definition) is 4. The lowest BCUT2D eigenvalue weighted by atomic mass is 10.0. The van der Waals surface area contributed by atoms with E-state index >= 15 is 0 Å². The lowest BCUT2D eigenvalue weighted by molar-refractivity contribution is -0.157. The molecule has 0 aromatic heterocycles. The van der Waals surface area contributed by atoms with Crippen molar-refractivity contribution in [2.75, 3.05) is 32.8 Å². The molecule has 0 aromatic carbocycles. The summed E-state index contributed by atoms with van der Waals surface area (Å²) in [6.45, 7) is 2.94. The minimum atomic E-state index is -3.42. The molecular weight excluding hydrogens is 284 g/mol. The van der Waals surface area contributed by atoms with Crippen molar-refractivity contribution in [1.29, 1.82) is 0 Å². The highest BCUT2D eigenvalue weighted by atomic mass is 32.2. The molecule has 2 heterocycles. The summed E-state index contributed by atoms with van der Waals surface area (Å²) >= 11 is 0. The molecule has 0 saturated carbocycles. The van der Waals surface area contributed by atoms with Crippen LogP contribution in [-0.2, 0) is 19.7 Å². The summed E-state index contributed by atoms with van der Waals surface area (Å²) < 4.78 is 33.0. The zero-order valence-electron chi connectivity index (χ0n) is 11.7. The number of hydrogen-bond donors (Lipinski definition) is 1. The first-order chi connectivity index (χ1) is 9.33. The van der Waals surface area contributed by atoms with Crippen LogP contribution in [0.1, 0.15) is 32.6 Å². The largest absolute Gasteiger partial charge is 0.480 e. The number of carbonyl (C=O) groups is 1. The van der Waals surface area contributed by atoms with Crippen LogP contribution < -0.4 is 0 Å². The summed E-state index contributed by atoms with van der Waals surface area (Å²) in [7, 11) is -3.42. The third kappa shape index (κ3) is 3.49. The molecule has 0 aromatic rings. The maximum atomic E-state index is 12.4. The minimum Gasteiger partial charge on any atom is -0.480 e. The fourth-order valence-corrected chi connectivity index (χ4v) is 4.54. The van der Waals surface area contributed by atoms with Crippen LogP contribution in [0.25, 0.3) is 0 Å². The van der Waals surface area contributed by atoms with E-state index in [0.29, 0.717) is 13.1 Å². The fourth-order valence-electron chi connectivity index (χ4n) is 2.63. The molecule has 0 unspecified atom stereocenters. The first-order valence-electron chi connectivity index (χ1n) is 6.94. The van der Waals surface area contributed by atoms with Gasteiger partial charge in [0.2, 0.25) is 0 Å². The Morgan fingerprint density at radius 3 is 2.20 bits per heavy atom. The minimum absolute atomic E-state index is 0.221. The second kappa shape index (κ2) is 5.97. The summed E-state index contributed by atoms with van der Waals surface area (Å²) in [5.41, 5.74) is -0.683. The maximum Gasteiger partial charge on any atom is 0.329 e. The normalized spacial score (nSPS) is 24.9. The summed E-state index contributed by atoms with van der Waals surface area (Å²) in [6.07, 6.45) is 3.95. The highest BCUT2D eigenvalue weighted by molar-refractivity contribution is 7.86. The summed E-state index contributed by atoms with van der Waals surface area (Å²) in [5.74, 6) is -1.04. The van der Waals surface area contributed by atoms with Gasteiger partial charge in [0.25, 0.3) is 10.2 Å². The van der Waals surface area contributed by atoms with Crippen LogP contribution in [0.2, 0.25) is 0 Å². The Labute approximate surface area is 119 Å². The van der Waals surface area contributed by atoms with Gasteiger partial charge < -0.3 is 9.84 Å². The smallest absolute Gasteiger partial charge is 0.329 e. The van der Waals surface area contributed by atoms with Gasteiger partial charge in [0, 0.05) is 26.2 Å². The second-order valence-corrected chi connectivity index (χ2v) is 7.65. The molecule has 2 rings (SSSR count). The van der Waals surface area contributed by atoms with Gasteiger partial charge in [-0.3, -0.25) is 0 Å². The van der Waals surface area contributed by atoms with Crippen LogP contribution in [0.3, 0.4) is 0 Å². The van der Waals surface area contributed by atoms with Crippen molar-refractivity contribution >= 4 is 16.2 Å².